The Morgan fingerprint density at radius 2 is 1.85 bits per heavy atom. The van der Waals surface area contributed by atoms with Gasteiger partial charge in [-0.3, -0.25) is 0 Å². The number of carbonyl (C=O) groups excluding carboxylic acids is 1. The van der Waals surface area contributed by atoms with Crippen molar-refractivity contribution in [2.45, 2.75) is 90.9 Å². The Labute approximate surface area is 172 Å². The molecule has 0 radical (unpaired) electrons. The van der Waals surface area contributed by atoms with E-state index in [9.17, 15) is 4.79 Å². The van der Waals surface area contributed by atoms with Crippen LogP contribution < -0.4 is 5.32 Å². The lowest BCUT2D eigenvalue weighted by atomic mass is 9.79. The normalized spacial score (nSPS) is 19.3. The predicted molar refractivity (Wildman–Crippen MR) is 120 cm³/mol. The molecule has 1 amide bonds. The maximum absolute atomic E-state index is 12.2. The van der Waals surface area contributed by atoms with E-state index in [1.54, 1.807) is 11.8 Å². The molecule has 1 saturated carbocycles. The SMILES string of the molecule is CCOC(=O)N[C@H](C1CCCCC1)[C@H](C)/C(=C/O[Si](C)(C)C(C)(C)C)SC. The summed E-state index contributed by atoms with van der Waals surface area (Å²) in [6.45, 7) is 15.7. The van der Waals surface area contributed by atoms with Crippen LogP contribution in [0.25, 0.3) is 0 Å². The van der Waals surface area contributed by atoms with Gasteiger partial charge < -0.3 is 14.5 Å². The summed E-state index contributed by atoms with van der Waals surface area (Å²) >= 11 is 1.73. The molecule has 0 aromatic carbocycles. The minimum atomic E-state index is -1.85. The lowest BCUT2D eigenvalue weighted by molar-refractivity contribution is 0.134. The fraction of sp³-hybridized carbons (Fsp3) is 0.857. The largest absolute Gasteiger partial charge is 0.548 e. The van der Waals surface area contributed by atoms with Crippen LogP contribution in [0.3, 0.4) is 0 Å². The van der Waals surface area contributed by atoms with Crippen molar-refractivity contribution in [1.82, 2.24) is 5.32 Å². The summed E-state index contributed by atoms with van der Waals surface area (Å²) in [6, 6.07) is 0.0889. The molecule has 0 spiro atoms. The monoisotopic (exact) mass is 415 g/mol. The molecule has 0 aliphatic heterocycles. The zero-order valence-corrected chi connectivity index (χ0v) is 20.5. The van der Waals surface area contributed by atoms with Gasteiger partial charge in [0.2, 0.25) is 8.32 Å². The van der Waals surface area contributed by atoms with Crippen LogP contribution >= 0.6 is 11.8 Å². The van der Waals surface area contributed by atoms with Gasteiger partial charge in [-0.25, -0.2) is 4.79 Å². The quantitative estimate of drug-likeness (QED) is 0.361. The number of hydrogen-bond donors (Lipinski definition) is 1. The number of nitrogens with one attached hydrogen (secondary N) is 1. The van der Waals surface area contributed by atoms with Crippen LogP contribution in [0.4, 0.5) is 4.79 Å². The van der Waals surface area contributed by atoms with Crippen molar-refractivity contribution in [2.24, 2.45) is 11.8 Å². The third-order valence-corrected chi connectivity index (χ3v) is 11.5. The molecule has 0 unspecified atom stereocenters. The highest BCUT2D eigenvalue weighted by Crippen LogP contribution is 2.39. The third-order valence-electron chi connectivity index (χ3n) is 6.22. The molecule has 1 N–H and O–H groups in total. The summed E-state index contributed by atoms with van der Waals surface area (Å²) in [5.74, 6) is 0.707. The first-order chi connectivity index (χ1) is 12.5. The fourth-order valence-electron chi connectivity index (χ4n) is 3.35. The van der Waals surface area contributed by atoms with Crippen LogP contribution in [0.5, 0.6) is 0 Å². The molecule has 158 valence electrons. The van der Waals surface area contributed by atoms with Gasteiger partial charge in [-0.15, -0.1) is 11.8 Å². The third kappa shape index (κ3) is 7.37. The molecule has 2 atom stereocenters. The van der Waals surface area contributed by atoms with Gasteiger partial charge in [-0.05, 0) is 50.1 Å². The Balaban J connectivity index is 2.99. The maximum Gasteiger partial charge on any atom is 0.407 e. The number of alkyl carbamates (subject to hydrolysis) is 1. The smallest absolute Gasteiger partial charge is 0.407 e. The lowest BCUT2D eigenvalue weighted by Crippen LogP contribution is -2.46. The molecule has 6 heteroatoms. The Kier molecular flexibility index (Phi) is 9.76. The Morgan fingerprint density at radius 1 is 1.26 bits per heavy atom. The minimum Gasteiger partial charge on any atom is -0.548 e. The van der Waals surface area contributed by atoms with Crippen LogP contribution in [-0.4, -0.2) is 33.3 Å². The molecule has 4 nitrogen and oxygen atoms in total. The Hall–Kier alpha value is -0.623. The average molecular weight is 416 g/mol. The highest BCUT2D eigenvalue weighted by Gasteiger charge is 2.39. The number of thioether (sulfide) groups is 1. The highest BCUT2D eigenvalue weighted by molar-refractivity contribution is 8.02. The summed E-state index contributed by atoms with van der Waals surface area (Å²) in [5.41, 5.74) is 0. The van der Waals surface area contributed by atoms with Gasteiger partial charge in [0.25, 0.3) is 0 Å². The van der Waals surface area contributed by atoms with E-state index in [1.807, 2.05) is 13.2 Å². The standard InChI is InChI=1S/C21H41NO3SSi/c1-9-24-20(23)22-19(17-13-11-10-12-14-17)16(2)18(26-6)15-25-27(7,8)21(3,4)5/h15-17,19H,9-14H2,1-8H3,(H,22,23)/b18-15-/t16-,19+/m1/s1. The molecule has 0 bridgehead atoms. The van der Waals surface area contributed by atoms with E-state index in [1.165, 1.54) is 37.0 Å². The molecule has 1 aliphatic rings. The van der Waals surface area contributed by atoms with Gasteiger partial charge in [0.1, 0.15) is 0 Å². The van der Waals surface area contributed by atoms with E-state index >= 15 is 0 Å². The molecular formula is C21H41NO3SSi. The van der Waals surface area contributed by atoms with E-state index in [2.05, 4.69) is 52.4 Å². The maximum atomic E-state index is 12.2. The van der Waals surface area contributed by atoms with Gasteiger partial charge in [0.15, 0.2) is 0 Å². The predicted octanol–water partition coefficient (Wildman–Crippen LogP) is 6.54. The van der Waals surface area contributed by atoms with Crippen molar-refractivity contribution in [3.8, 4) is 0 Å². The van der Waals surface area contributed by atoms with E-state index in [4.69, 9.17) is 9.16 Å². The lowest BCUT2D eigenvalue weighted by Gasteiger charge is -2.37. The van der Waals surface area contributed by atoms with E-state index in [-0.39, 0.29) is 23.1 Å². The van der Waals surface area contributed by atoms with E-state index in [0.717, 1.165) is 0 Å². The second-order valence-corrected chi connectivity index (χ2v) is 14.8. The summed E-state index contributed by atoms with van der Waals surface area (Å²) in [7, 11) is -1.85. The van der Waals surface area contributed by atoms with Crippen molar-refractivity contribution in [2.75, 3.05) is 12.9 Å². The van der Waals surface area contributed by atoms with Crippen molar-refractivity contribution in [1.29, 1.82) is 0 Å². The number of amides is 1. The van der Waals surface area contributed by atoms with Crippen LogP contribution in [0.15, 0.2) is 11.2 Å². The second kappa shape index (κ2) is 10.8. The Morgan fingerprint density at radius 3 is 2.33 bits per heavy atom. The Bertz CT molecular complexity index is 496. The van der Waals surface area contributed by atoms with Gasteiger partial charge in [-0.1, -0.05) is 47.0 Å². The zero-order valence-electron chi connectivity index (χ0n) is 18.7. The van der Waals surface area contributed by atoms with Crippen LogP contribution in [0.1, 0.15) is 66.7 Å². The van der Waals surface area contributed by atoms with Gasteiger partial charge >= 0.3 is 6.09 Å². The first-order valence-corrected chi connectivity index (χ1v) is 14.5. The van der Waals surface area contributed by atoms with Crippen LogP contribution in [-0.2, 0) is 9.16 Å². The van der Waals surface area contributed by atoms with E-state index in [0.29, 0.717) is 12.5 Å². The van der Waals surface area contributed by atoms with E-state index < -0.39 is 8.32 Å². The molecular weight excluding hydrogens is 374 g/mol. The highest BCUT2D eigenvalue weighted by atomic mass is 32.2. The van der Waals surface area contributed by atoms with Crippen molar-refractivity contribution in [3.63, 3.8) is 0 Å². The van der Waals surface area contributed by atoms with Crippen LogP contribution in [0.2, 0.25) is 18.1 Å². The van der Waals surface area contributed by atoms with Gasteiger partial charge in [0.05, 0.1) is 12.9 Å². The molecule has 0 aromatic heterocycles. The molecule has 0 saturated heterocycles. The summed E-state index contributed by atoms with van der Waals surface area (Å²) in [4.78, 5) is 13.4. The van der Waals surface area contributed by atoms with Gasteiger partial charge in [-0.2, -0.15) is 0 Å². The molecule has 0 aromatic rings. The molecule has 1 rings (SSSR count). The summed E-state index contributed by atoms with van der Waals surface area (Å²) < 4.78 is 11.6. The van der Waals surface area contributed by atoms with Gasteiger partial charge in [0, 0.05) is 16.9 Å². The summed E-state index contributed by atoms with van der Waals surface area (Å²) in [5, 5.41) is 3.34. The average Bonchev–Trinajstić information content (AvgIpc) is 2.60. The first-order valence-electron chi connectivity index (χ1n) is 10.4. The number of ether oxygens (including phenoxy) is 1. The first kappa shape index (κ1) is 24.4. The number of rotatable bonds is 8. The molecule has 0 heterocycles. The van der Waals surface area contributed by atoms with Crippen molar-refractivity contribution in [3.05, 3.63) is 11.2 Å². The fourth-order valence-corrected chi connectivity index (χ4v) is 4.88. The summed E-state index contributed by atoms with van der Waals surface area (Å²) in [6.07, 6.45) is 9.92. The number of carbonyl (C=O) groups is 1. The van der Waals surface area contributed by atoms with Crippen LogP contribution in [0, 0.1) is 11.8 Å². The topological polar surface area (TPSA) is 47.6 Å². The van der Waals surface area contributed by atoms with Crippen molar-refractivity contribution >= 4 is 26.2 Å². The minimum absolute atomic E-state index is 0.0889. The molecule has 1 fully saturated rings. The molecule has 1 aliphatic carbocycles. The zero-order chi connectivity index (χ0) is 20.7. The molecule has 27 heavy (non-hydrogen) atoms. The number of hydrogen-bond acceptors (Lipinski definition) is 4. The second-order valence-electron chi connectivity index (χ2n) is 9.18. The van der Waals surface area contributed by atoms with Crippen molar-refractivity contribution < 1.29 is 14.0 Å².